The summed E-state index contributed by atoms with van der Waals surface area (Å²) in [6, 6.07) is 4.17. The van der Waals surface area contributed by atoms with Crippen molar-refractivity contribution in [1.29, 1.82) is 0 Å². The van der Waals surface area contributed by atoms with E-state index in [4.69, 9.17) is 12.2 Å². The van der Waals surface area contributed by atoms with Crippen molar-refractivity contribution in [3.8, 4) is 0 Å². The van der Waals surface area contributed by atoms with Crippen molar-refractivity contribution in [3.63, 3.8) is 0 Å². The maximum atomic E-state index is 14.4. The van der Waals surface area contributed by atoms with Gasteiger partial charge < -0.3 is 20.6 Å². The summed E-state index contributed by atoms with van der Waals surface area (Å²) in [6.45, 7) is 0.0419. The maximum absolute atomic E-state index is 14.4. The normalized spacial score (nSPS) is 22.7. The van der Waals surface area contributed by atoms with Crippen molar-refractivity contribution < 1.29 is 18.7 Å². The van der Waals surface area contributed by atoms with Crippen molar-refractivity contribution in [2.75, 3.05) is 16.8 Å². The molecule has 3 N–H and O–H groups in total. The average Bonchev–Trinajstić information content (AvgIpc) is 3.11. The SMILES string of the molecule is O=C1C[C@H](c2cc(F)ccc2F)N(c2ccn3ncc(NC(=S)N[C@@H]4C[C@H]4O)c3n2)C1. The van der Waals surface area contributed by atoms with Crippen LogP contribution in [0.25, 0.3) is 5.65 Å². The van der Waals surface area contributed by atoms with Crippen LogP contribution in [0.15, 0.2) is 36.7 Å². The Kier molecular flexibility index (Phi) is 4.78. The van der Waals surface area contributed by atoms with E-state index >= 15 is 0 Å². The van der Waals surface area contributed by atoms with Gasteiger partial charge in [0.05, 0.1) is 30.9 Å². The lowest BCUT2D eigenvalue weighted by atomic mass is 10.0. The molecule has 0 amide bonds. The van der Waals surface area contributed by atoms with E-state index in [0.29, 0.717) is 28.7 Å². The number of Topliss-reactive ketones (excluding diaryl/α,β-unsaturated/α-hetero) is 1. The Balaban J connectivity index is 1.45. The van der Waals surface area contributed by atoms with Crippen LogP contribution in [-0.2, 0) is 4.79 Å². The second kappa shape index (κ2) is 7.50. The van der Waals surface area contributed by atoms with Crippen molar-refractivity contribution in [2.45, 2.75) is 31.0 Å². The van der Waals surface area contributed by atoms with Crippen molar-refractivity contribution in [3.05, 3.63) is 53.9 Å². The first kappa shape index (κ1) is 19.8. The zero-order valence-electron chi connectivity index (χ0n) is 16.1. The fourth-order valence-corrected chi connectivity index (χ4v) is 4.01. The maximum Gasteiger partial charge on any atom is 0.180 e. The number of aliphatic hydroxyl groups excluding tert-OH is 1. The number of nitrogens with zero attached hydrogens (tertiary/aromatic N) is 4. The summed E-state index contributed by atoms with van der Waals surface area (Å²) in [7, 11) is 0. The molecule has 1 saturated heterocycles. The highest BCUT2D eigenvalue weighted by atomic mass is 32.1. The molecule has 1 aliphatic heterocycles. The Labute approximate surface area is 180 Å². The van der Waals surface area contributed by atoms with E-state index in [2.05, 4.69) is 20.7 Å². The quantitative estimate of drug-likeness (QED) is 0.526. The molecule has 8 nitrogen and oxygen atoms in total. The number of rotatable bonds is 4. The number of aromatic nitrogens is 3. The number of fused-ring (bicyclic) bond motifs is 1. The fourth-order valence-electron chi connectivity index (χ4n) is 3.75. The van der Waals surface area contributed by atoms with Gasteiger partial charge in [-0.05, 0) is 42.9 Å². The van der Waals surface area contributed by atoms with Crippen LogP contribution < -0.4 is 15.5 Å². The zero-order valence-corrected chi connectivity index (χ0v) is 16.9. The van der Waals surface area contributed by atoms with E-state index in [9.17, 15) is 18.7 Å². The molecular formula is C20H18F2N6O2S. The molecule has 0 radical (unpaired) electrons. The summed E-state index contributed by atoms with van der Waals surface area (Å²) in [5.41, 5.74) is 1.11. The molecule has 0 unspecified atom stereocenters. The number of aliphatic hydroxyl groups is 1. The Morgan fingerprint density at radius 2 is 2.10 bits per heavy atom. The first-order chi connectivity index (χ1) is 14.9. The topological polar surface area (TPSA) is 94.8 Å². The van der Waals surface area contributed by atoms with Gasteiger partial charge in [-0.3, -0.25) is 4.79 Å². The predicted octanol–water partition coefficient (Wildman–Crippen LogP) is 1.95. The minimum atomic E-state index is -0.656. The molecule has 2 aliphatic rings. The molecular weight excluding hydrogens is 426 g/mol. The summed E-state index contributed by atoms with van der Waals surface area (Å²) >= 11 is 5.27. The molecule has 0 spiro atoms. The summed E-state index contributed by atoms with van der Waals surface area (Å²) in [5, 5.41) is 20.0. The Morgan fingerprint density at radius 3 is 2.87 bits per heavy atom. The minimum Gasteiger partial charge on any atom is -0.391 e. The van der Waals surface area contributed by atoms with Crippen molar-refractivity contribution in [2.24, 2.45) is 0 Å². The monoisotopic (exact) mass is 444 g/mol. The largest absolute Gasteiger partial charge is 0.391 e. The lowest BCUT2D eigenvalue weighted by molar-refractivity contribution is -0.116. The number of thiocarbonyl (C=S) groups is 1. The first-order valence-electron chi connectivity index (χ1n) is 9.72. The highest BCUT2D eigenvalue weighted by Gasteiger charge is 2.36. The smallest absolute Gasteiger partial charge is 0.180 e. The van der Waals surface area contributed by atoms with Gasteiger partial charge in [-0.2, -0.15) is 5.10 Å². The number of nitrogens with one attached hydrogen (secondary N) is 2. The lowest BCUT2D eigenvalue weighted by Gasteiger charge is -2.25. The number of anilines is 2. The van der Waals surface area contributed by atoms with Gasteiger partial charge in [-0.15, -0.1) is 0 Å². The van der Waals surface area contributed by atoms with E-state index < -0.39 is 23.8 Å². The molecule has 5 rings (SSSR count). The molecule has 1 aliphatic carbocycles. The van der Waals surface area contributed by atoms with Gasteiger partial charge >= 0.3 is 0 Å². The summed E-state index contributed by atoms with van der Waals surface area (Å²) in [5.74, 6) is -0.789. The van der Waals surface area contributed by atoms with Crippen LogP contribution >= 0.6 is 12.2 Å². The lowest BCUT2D eigenvalue weighted by Crippen LogP contribution is -2.32. The van der Waals surface area contributed by atoms with Gasteiger partial charge in [0.2, 0.25) is 0 Å². The molecule has 0 bridgehead atoms. The molecule has 2 aromatic heterocycles. The average molecular weight is 444 g/mol. The van der Waals surface area contributed by atoms with Crippen LogP contribution in [0.5, 0.6) is 0 Å². The summed E-state index contributed by atoms with van der Waals surface area (Å²) in [4.78, 5) is 18.5. The Morgan fingerprint density at radius 1 is 1.29 bits per heavy atom. The Hall–Kier alpha value is -3.18. The molecule has 31 heavy (non-hydrogen) atoms. The number of hydrogen-bond donors (Lipinski definition) is 3. The predicted molar refractivity (Wildman–Crippen MR) is 113 cm³/mol. The van der Waals surface area contributed by atoms with Gasteiger partial charge in [-0.25, -0.2) is 18.3 Å². The third-order valence-corrected chi connectivity index (χ3v) is 5.65. The standard InChI is InChI=1S/C20H18F2N6O2S/c21-10-1-2-13(22)12(5-10)16-6-11(29)9-27(16)18-3-4-28-19(26-18)15(8-23-28)25-20(31)24-14-7-17(14)30/h1-5,8,14,16-17,30H,6-7,9H2,(H2,24,25,31)/t14-,16-,17-/m1/s1. The molecule has 1 aromatic carbocycles. The van der Waals surface area contributed by atoms with Crippen LogP contribution in [-0.4, -0.2) is 49.3 Å². The van der Waals surface area contributed by atoms with Crippen LogP contribution in [0, 0.1) is 11.6 Å². The first-order valence-corrected chi connectivity index (χ1v) is 10.1. The van der Waals surface area contributed by atoms with E-state index in [0.717, 1.165) is 18.2 Å². The van der Waals surface area contributed by atoms with E-state index in [1.165, 1.54) is 4.52 Å². The number of hydrogen-bond acceptors (Lipinski definition) is 6. The van der Waals surface area contributed by atoms with Gasteiger partial charge in [-0.1, -0.05) is 0 Å². The summed E-state index contributed by atoms with van der Waals surface area (Å²) in [6.07, 6.45) is 3.53. The fraction of sp³-hybridized carbons (Fsp3) is 0.300. The highest BCUT2D eigenvalue weighted by Crippen LogP contribution is 2.35. The zero-order chi connectivity index (χ0) is 21.7. The minimum absolute atomic E-state index is 0.0419. The number of carbonyl (C=O) groups excluding carboxylic acids is 1. The van der Waals surface area contributed by atoms with Gasteiger partial charge in [0, 0.05) is 18.2 Å². The molecule has 1 saturated carbocycles. The van der Waals surface area contributed by atoms with E-state index in [1.54, 1.807) is 23.4 Å². The number of benzene rings is 1. The van der Waals surface area contributed by atoms with Crippen LogP contribution in [0.2, 0.25) is 0 Å². The molecule has 3 atom stereocenters. The number of carbonyl (C=O) groups is 1. The van der Waals surface area contributed by atoms with E-state index in [1.807, 2.05) is 0 Å². The molecule has 3 aromatic rings. The third kappa shape index (κ3) is 3.81. The highest BCUT2D eigenvalue weighted by molar-refractivity contribution is 7.80. The molecule has 11 heteroatoms. The second-order valence-electron chi connectivity index (χ2n) is 7.67. The van der Waals surface area contributed by atoms with Gasteiger partial charge in [0.25, 0.3) is 0 Å². The van der Waals surface area contributed by atoms with Crippen LogP contribution in [0.3, 0.4) is 0 Å². The Bertz CT molecular complexity index is 1200. The van der Waals surface area contributed by atoms with E-state index in [-0.39, 0.29) is 30.4 Å². The van der Waals surface area contributed by atoms with Crippen LogP contribution in [0.4, 0.5) is 20.3 Å². The van der Waals surface area contributed by atoms with Crippen molar-refractivity contribution in [1.82, 2.24) is 19.9 Å². The molecule has 2 fully saturated rings. The molecule has 3 heterocycles. The second-order valence-corrected chi connectivity index (χ2v) is 8.08. The van der Waals surface area contributed by atoms with Gasteiger partial charge in [0.1, 0.15) is 23.1 Å². The van der Waals surface area contributed by atoms with Crippen LogP contribution in [0.1, 0.15) is 24.4 Å². The third-order valence-electron chi connectivity index (χ3n) is 5.43. The van der Waals surface area contributed by atoms with Crippen molar-refractivity contribution >= 4 is 40.3 Å². The molecule has 160 valence electrons. The van der Waals surface area contributed by atoms with Gasteiger partial charge in [0.15, 0.2) is 16.5 Å². The number of ketones is 1. The number of halogens is 2. The summed E-state index contributed by atoms with van der Waals surface area (Å²) < 4.78 is 29.7.